The Hall–Kier alpha value is -2.29. The summed E-state index contributed by atoms with van der Waals surface area (Å²) in [7, 11) is 0. The molecule has 1 saturated heterocycles. The van der Waals surface area contributed by atoms with E-state index in [2.05, 4.69) is 6.92 Å². The van der Waals surface area contributed by atoms with E-state index in [4.69, 9.17) is 4.74 Å². The van der Waals surface area contributed by atoms with Gasteiger partial charge in [0.25, 0.3) is 0 Å². The van der Waals surface area contributed by atoms with Gasteiger partial charge in [-0.1, -0.05) is 42.5 Å². The highest BCUT2D eigenvalue weighted by Gasteiger charge is 2.26. The third-order valence-corrected chi connectivity index (χ3v) is 3.93. The van der Waals surface area contributed by atoms with Crippen molar-refractivity contribution in [2.75, 3.05) is 6.54 Å². The minimum absolute atomic E-state index is 0.245. The van der Waals surface area contributed by atoms with Crippen LogP contribution in [0.4, 0.5) is 4.79 Å². The molecule has 2 aromatic carbocycles. The lowest BCUT2D eigenvalue weighted by atomic mass is 10.1. The zero-order valence-electron chi connectivity index (χ0n) is 12.2. The quantitative estimate of drug-likeness (QED) is 0.819. The van der Waals surface area contributed by atoms with Gasteiger partial charge in [-0.05, 0) is 43.0 Å². The van der Waals surface area contributed by atoms with Crippen LogP contribution in [0.15, 0.2) is 54.6 Å². The Balaban J connectivity index is 1.76. The smallest absolute Gasteiger partial charge is 0.410 e. The Bertz CT molecular complexity index is 624. The maximum absolute atomic E-state index is 12.2. The number of nitrogens with zero attached hydrogens (tertiary/aromatic N) is 1. The van der Waals surface area contributed by atoms with Crippen LogP contribution in [0.2, 0.25) is 0 Å². The zero-order valence-corrected chi connectivity index (χ0v) is 12.2. The van der Waals surface area contributed by atoms with Gasteiger partial charge in [-0.3, -0.25) is 0 Å². The first kappa shape index (κ1) is 13.7. The highest BCUT2D eigenvalue weighted by Crippen LogP contribution is 2.25. The van der Waals surface area contributed by atoms with Gasteiger partial charge in [0.2, 0.25) is 0 Å². The second kappa shape index (κ2) is 6.00. The molecule has 1 amide bonds. The largest absolute Gasteiger partial charge is 0.415 e. The molecule has 3 heteroatoms. The topological polar surface area (TPSA) is 29.5 Å². The molecule has 0 N–H and O–H groups in total. The Morgan fingerprint density at radius 3 is 2.57 bits per heavy atom. The Kier molecular flexibility index (Phi) is 3.91. The molecule has 0 aliphatic carbocycles. The Morgan fingerprint density at radius 2 is 1.86 bits per heavy atom. The molecule has 3 rings (SSSR count). The van der Waals surface area contributed by atoms with Gasteiger partial charge >= 0.3 is 6.09 Å². The van der Waals surface area contributed by atoms with E-state index in [0.717, 1.165) is 30.5 Å². The van der Waals surface area contributed by atoms with Crippen molar-refractivity contribution in [3.8, 4) is 16.9 Å². The molecule has 0 radical (unpaired) electrons. The highest BCUT2D eigenvalue weighted by molar-refractivity contribution is 5.73. The standard InChI is InChI=1S/C18H19NO2/c1-14-7-6-12-19(14)18(20)21-17-11-5-10-16(13-17)15-8-3-2-4-9-15/h2-5,8-11,13-14H,6-7,12H2,1H3. The minimum atomic E-state index is -0.245. The molecule has 0 spiro atoms. The number of likely N-dealkylation sites (tertiary alicyclic amines) is 1. The van der Waals surface area contributed by atoms with Crippen LogP contribution in [-0.2, 0) is 0 Å². The van der Waals surface area contributed by atoms with Gasteiger partial charge in [-0.25, -0.2) is 4.79 Å². The molecule has 2 aromatic rings. The molecular formula is C18H19NO2. The van der Waals surface area contributed by atoms with Gasteiger partial charge in [0.15, 0.2) is 0 Å². The summed E-state index contributed by atoms with van der Waals surface area (Å²) in [6.45, 7) is 2.85. The van der Waals surface area contributed by atoms with Crippen LogP contribution >= 0.6 is 0 Å². The Labute approximate surface area is 125 Å². The summed E-state index contributed by atoms with van der Waals surface area (Å²) < 4.78 is 5.52. The van der Waals surface area contributed by atoms with E-state index in [1.807, 2.05) is 54.6 Å². The van der Waals surface area contributed by atoms with Crippen molar-refractivity contribution in [3.05, 3.63) is 54.6 Å². The number of rotatable bonds is 2. The van der Waals surface area contributed by atoms with Crippen molar-refractivity contribution in [2.24, 2.45) is 0 Å². The average molecular weight is 281 g/mol. The molecule has 1 aliphatic rings. The van der Waals surface area contributed by atoms with Gasteiger partial charge in [0.1, 0.15) is 5.75 Å². The van der Waals surface area contributed by atoms with Crippen LogP contribution in [0, 0.1) is 0 Å². The second-order valence-electron chi connectivity index (χ2n) is 5.45. The van der Waals surface area contributed by atoms with Gasteiger partial charge in [0, 0.05) is 12.6 Å². The fraction of sp³-hybridized carbons (Fsp3) is 0.278. The number of carbonyl (C=O) groups excluding carboxylic acids is 1. The van der Waals surface area contributed by atoms with Crippen molar-refractivity contribution < 1.29 is 9.53 Å². The third-order valence-electron chi connectivity index (χ3n) is 3.93. The van der Waals surface area contributed by atoms with Crippen LogP contribution in [0.3, 0.4) is 0 Å². The van der Waals surface area contributed by atoms with Crippen LogP contribution < -0.4 is 4.74 Å². The van der Waals surface area contributed by atoms with Gasteiger partial charge < -0.3 is 9.64 Å². The lowest BCUT2D eigenvalue weighted by molar-refractivity contribution is 0.150. The van der Waals surface area contributed by atoms with Gasteiger partial charge in [-0.15, -0.1) is 0 Å². The van der Waals surface area contributed by atoms with Crippen LogP contribution in [0.25, 0.3) is 11.1 Å². The Morgan fingerprint density at radius 1 is 1.10 bits per heavy atom. The van der Waals surface area contributed by atoms with E-state index in [9.17, 15) is 4.79 Å². The lowest BCUT2D eigenvalue weighted by Crippen LogP contribution is -2.35. The molecule has 0 aromatic heterocycles. The number of hydrogen-bond donors (Lipinski definition) is 0. The van der Waals surface area contributed by atoms with E-state index in [1.165, 1.54) is 0 Å². The lowest BCUT2D eigenvalue weighted by Gasteiger charge is -2.20. The third kappa shape index (κ3) is 3.07. The molecule has 0 bridgehead atoms. The van der Waals surface area contributed by atoms with E-state index in [0.29, 0.717) is 5.75 Å². The monoisotopic (exact) mass is 281 g/mol. The fourth-order valence-corrected chi connectivity index (χ4v) is 2.73. The van der Waals surface area contributed by atoms with E-state index >= 15 is 0 Å². The predicted octanol–water partition coefficient (Wildman–Crippen LogP) is 4.34. The molecule has 1 heterocycles. The normalized spacial score (nSPS) is 17.8. The zero-order chi connectivity index (χ0) is 14.7. The van der Waals surface area contributed by atoms with Crippen LogP contribution in [-0.4, -0.2) is 23.6 Å². The van der Waals surface area contributed by atoms with Crippen molar-refractivity contribution in [1.82, 2.24) is 4.90 Å². The number of hydrogen-bond acceptors (Lipinski definition) is 2. The maximum Gasteiger partial charge on any atom is 0.415 e. The van der Waals surface area contributed by atoms with E-state index in [-0.39, 0.29) is 12.1 Å². The molecule has 3 nitrogen and oxygen atoms in total. The molecule has 21 heavy (non-hydrogen) atoms. The van der Waals surface area contributed by atoms with Crippen molar-refractivity contribution in [2.45, 2.75) is 25.8 Å². The van der Waals surface area contributed by atoms with Gasteiger partial charge in [0.05, 0.1) is 0 Å². The first-order valence-electron chi connectivity index (χ1n) is 7.38. The summed E-state index contributed by atoms with van der Waals surface area (Å²) in [4.78, 5) is 14.0. The summed E-state index contributed by atoms with van der Waals surface area (Å²) >= 11 is 0. The highest BCUT2D eigenvalue weighted by atomic mass is 16.6. The van der Waals surface area contributed by atoms with Crippen molar-refractivity contribution in [3.63, 3.8) is 0 Å². The number of ether oxygens (including phenoxy) is 1. The summed E-state index contributed by atoms with van der Waals surface area (Å²) in [6.07, 6.45) is 1.87. The predicted molar refractivity (Wildman–Crippen MR) is 83.3 cm³/mol. The number of amides is 1. The maximum atomic E-state index is 12.2. The molecule has 108 valence electrons. The van der Waals surface area contributed by atoms with E-state index < -0.39 is 0 Å². The summed E-state index contributed by atoms with van der Waals surface area (Å²) in [5.41, 5.74) is 2.17. The summed E-state index contributed by atoms with van der Waals surface area (Å²) in [5.74, 6) is 0.598. The van der Waals surface area contributed by atoms with Crippen molar-refractivity contribution >= 4 is 6.09 Å². The minimum Gasteiger partial charge on any atom is -0.410 e. The average Bonchev–Trinajstić information content (AvgIpc) is 2.95. The summed E-state index contributed by atoms with van der Waals surface area (Å²) in [6, 6.07) is 18.0. The number of carbonyl (C=O) groups is 1. The molecule has 1 unspecified atom stereocenters. The molecular weight excluding hydrogens is 262 g/mol. The van der Waals surface area contributed by atoms with E-state index in [1.54, 1.807) is 4.90 Å². The molecule has 1 fully saturated rings. The molecule has 1 atom stereocenters. The first-order valence-corrected chi connectivity index (χ1v) is 7.38. The van der Waals surface area contributed by atoms with Crippen molar-refractivity contribution in [1.29, 1.82) is 0 Å². The number of benzene rings is 2. The molecule has 0 saturated carbocycles. The van der Waals surface area contributed by atoms with Gasteiger partial charge in [-0.2, -0.15) is 0 Å². The summed E-state index contributed by atoms with van der Waals surface area (Å²) in [5, 5.41) is 0. The molecule has 1 aliphatic heterocycles. The van der Waals surface area contributed by atoms with Crippen LogP contribution in [0.1, 0.15) is 19.8 Å². The van der Waals surface area contributed by atoms with Crippen LogP contribution in [0.5, 0.6) is 5.75 Å². The first-order chi connectivity index (χ1) is 10.2. The SMILES string of the molecule is CC1CCCN1C(=O)Oc1cccc(-c2ccccc2)c1. The fourth-order valence-electron chi connectivity index (χ4n) is 2.73. The second-order valence-corrected chi connectivity index (χ2v) is 5.45.